The van der Waals surface area contributed by atoms with Crippen molar-refractivity contribution < 1.29 is 0 Å². The number of hydrogen-bond acceptors (Lipinski definition) is 4. The van der Waals surface area contributed by atoms with Crippen LogP contribution in [0.15, 0.2) is 30.3 Å². The highest BCUT2D eigenvalue weighted by Gasteiger charge is 2.01. The van der Waals surface area contributed by atoms with Crippen molar-refractivity contribution in [3.63, 3.8) is 0 Å². The molecule has 2 rings (SSSR count). The molecule has 0 unspecified atom stereocenters. The lowest BCUT2D eigenvalue weighted by atomic mass is 10.3. The van der Waals surface area contributed by atoms with E-state index >= 15 is 0 Å². The van der Waals surface area contributed by atoms with Crippen molar-refractivity contribution in [1.82, 2.24) is 10.2 Å². The number of aromatic nitrogens is 2. The third kappa shape index (κ3) is 2.84. The molecule has 84 valence electrons. The third-order valence-corrected chi connectivity index (χ3v) is 2.71. The van der Waals surface area contributed by atoms with Gasteiger partial charge in [-0.25, -0.2) is 0 Å². The number of rotatable bonds is 2. The van der Waals surface area contributed by atoms with Gasteiger partial charge in [0.25, 0.3) is 0 Å². The lowest BCUT2D eigenvalue weighted by Crippen LogP contribution is -1.96. The van der Waals surface area contributed by atoms with Gasteiger partial charge in [0, 0.05) is 5.69 Å². The zero-order valence-electron chi connectivity index (χ0n) is 8.48. The molecule has 0 spiro atoms. The second-order valence-electron chi connectivity index (χ2n) is 3.17. The molecular weight excluding hydrogens is 259 g/mol. The van der Waals surface area contributed by atoms with E-state index in [2.05, 4.69) is 15.5 Å². The Labute approximate surface area is 108 Å². The summed E-state index contributed by atoms with van der Waals surface area (Å²) >= 11 is 11.7. The van der Waals surface area contributed by atoms with E-state index in [-0.39, 0.29) is 5.69 Å². The van der Waals surface area contributed by atoms with E-state index in [1.807, 2.05) is 6.07 Å². The van der Waals surface area contributed by atoms with E-state index in [4.69, 9.17) is 28.5 Å². The lowest BCUT2D eigenvalue weighted by molar-refractivity contribution is 1.01. The molecule has 1 aromatic carbocycles. The van der Waals surface area contributed by atoms with Crippen molar-refractivity contribution >= 4 is 34.7 Å². The van der Waals surface area contributed by atoms with Crippen LogP contribution in [0.4, 0.5) is 11.5 Å². The van der Waals surface area contributed by atoms with Crippen LogP contribution in [0.25, 0.3) is 0 Å². The Balaban J connectivity index is 2.20. The molecule has 0 saturated carbocycles. The molecule has 0 aliphatic carbocycles. The molecule has 4 nitrogen and oxygen atoms in total. The summed E-state index contributed by atoms with van der Waals surface area (Å²) < 4.78 is 0. The van der Waals surface area contributed by atoms with Crippen LogP contribution in [0.1, 0.15) is 5.69 Å². The van der Waals surface area contributed by atoms with Crippen LogP contribution in [0, 0.1) is 11.3 Å². The summed E-state index contributed by atoms with van der Waals surface area (Å²) in [7, 11) is 0. The molecule has 1 heterocycles. The maximum absolute atomic E-state index is 8.58. The van der Waals surface area contributed by atoms with Gasteiger partial charge in [0.2, 0.25) is 0 Å². The molecule has 0 amide bonds. The fourth-order valence-electron chi connectivity index (χ4n) is 1.18. The van der Waals surface area contributed by atoms with Crippen LogP contribution in [-0.2, 0) is 0 Å². The molecule has 0 atom stereocenters. The molecule has 0 fully saturated rings. The average Bonchev–Trinajstić information content (AvgIpc) is 2.35. The quantitative estimate of drug-likeness (QED) is 0.903. The number of benzene rings is 1. The number of hydrogen-bond donors (Lipinski definition) is 1. The Morgan fingerprint density at radius 1 is 1.06 bits per heavy atom. The minimum Gasteiger partial charge on any atom is -0.339 e. The molecule has 17 heavy (non-hydrogen) atoms. The highest BCUT2D eigenvalue weighted by Crippen LogP contribution is 2.26. The van der Waals surface area contributed by atoms with Gasteiger partial charge in [-0.1, -0.05) is 23.2 Å². The van der Waals surface area contributed by atoms with Crippen LogP contribution in [0.3, 0.4) is 0 Å². The van der Waals surface area contributed by atoms with E-state index in [0.717, 1.165) is 5.69 Å². The zero-order chi connectivity index (χ0) is 12.3. The second kappa shape index (κ2) is 5.00. The van der Waals surface area contributed by atoms with Crippen LogP contribution in [0.5, 0.6) is 0 Å². The molecule has 6 heteroatoms. The minimum atomic E-state index is 0.268. The molecule has 1 aromatic heterocycles. The van der Waals surface area contributed by atoms with Gasteiger partial charge in [-0.2, -0.15) is 5.26 Å². The lowest BCUT2D eigenvalue weighted by Gasteiger charge is -2.05. The molecule has 0 bridgehead atoms. The fourth-order valence-corrected chi connectivity index (χ4v) is 1.48. The fraction of sp³-hybridized carbons (Fsp3) is 0. The summed E-state index contributed by atoms with van der Waals surface area (Å²) in [6.07, 6.45) is 0. The van der Waals surface area contributed by atoms with Crippen molar-refractivity contribution in [1.29, 1.82) is 5.26 Å². The predicted molar refractivity (Wildman–Crippen MR) is 66.5 cm³/mol. The van der Waals surface area contributed by atoms with Gasteiger partial charge in [-0.15, -0.1) is 10.2 Å². The predicted octanol–water partition coefficient (Wildman–Crippen LogP) is 3.40. The van der Waals surface area contributed by atoms with Gasteiger partial charge in [-0.05, 0) is 30.3 Å². The Morgan fingerprint density at radius 3 is 2.47 bits per heavy atom. The molecule has 0 aliphatic heterocycles. The zero-order valence-corrected chi connectivity index (χ0v) is 10.00. The highest BCUT2D eigenvalue weighted by atomic mass is 35.5. The monoisotopic (exact) mass is 264 g/mol. The first-order valence-corrected chi connectivity index (χ1v) is 5.40. The SMILES string of the molecule is N#Cc1ccc(Nc2ccc(Cl)c(Cl)c2)nn1. The van der Waals surface area contributed by atoms with E-state index in [0.29, 0.717) is 15.9 Å². The number of nitriles is 1. The number of anilines is 2. The first-order valence-electron chi connectivity index (χ1n) is 4.65. The topological polar surface area (TPSA) is 61.6 Å². The van der Waals surface area contributed by atoms with Gasteiger partial charge in [-0.3, -0.25) is 0 Å². The third-order valence-electron chi connectivity index (χ3n) is 1.97. The van der Waals surface area contributed by atoms with Crippen molar-refractivity contribution in [3.05, 3.63) is 46.1 Å². The Kier molecular flexibility index (Phi) is 3.43. The highest BCUT2D eigenvalue weighted by molar-refractivity contribution is 6.42. The molecular formula is C11H6Cl2N4. The first kappa shape index (κ1) is 11.6. The van der Waals surface area contributed by atoms with Gasteiger partial charge in [0.1, 0.15) is 6.07 Å². The van der Waals surface area contributed by atoms with E-state index in [1.165, 1.54) is 0 Å². The first-order chi connectivity index (χ1) is 8.19. The van der Waals surface area contributed by atoms with Gasteiger partial charge < -0.3 is 5.32 Å². The summed E-state index contributed by atoms with van der Waals surface area (Å²) in [4.78, 5) is 0. The summed E-state index contributed by atoms with van der Waals surface area (Å²) in [5.74, 6) is 0.530. The van der Waals surface area contributed by atoms with Crippen molar-refractivity contribution in [3.8, 4) is 6.07 Å². The largest absolute Gasteiger partial charge is 0.339 e. The second-order valence-corrected chi connectivity index (χ2v) is 3.98. The summed E-state index contributed by atoms with van der Waals surface area (Å²) in [6.45, 7) is 0. The molecule has 0 aliphatic rings. The molecule has 1 N–H and O–H groups in total. The van der Waals surface area contributed by atoms with Crippen molar-refractivity contribution in [2.75, 3.05) is 5.32 Å². The summed E-state index contributed by atoms with van der Waals surface area (Å²) in [5.41, 5.74) is 1.02. The Hall–Kier alpha value is -1.83. The minimum absolute atomic E-state index is 0.268. The van der Waals surface area contributed by atoms with Crippen LogP contribution >= 0.6 is 23.2 Å². The van der Waals surface area contributed by atoms with Gasteiger partial charge in [0.05, 0.1) is 10.0 Å². The van der Waals surface area contributed by atoms with Gasteiger partial charge in [0.15, 0.2) is 11.5 Å². The summed E-state index contributed by atoms with van der Waals surface area (Å²) in [5, 5.41) is 20.1. The number of nitrogens with zero attached hydrogens (tertiary/aromatic N) is 3. The maximum Gasteiger partial charge on any atom is 0.163 e. The standard InChI is InChI=1S/C11H6Cl2N4/c12-9-3-1-7(5-10(9)13)15-11-4-2-8(6-14)16-17-11/h1-5H,(H,15,17). The van der Waals surface area contributed by atoms with Crippen molar-refractivity contribution in [2.45, 2.75) is 0 Å². The van der Waals surface area contributed by atoms with Crippen LogP contribution in [0.2, 0.25) is 10.0 Å². The van der Waals surface area contributed by atoms with E-state index in [1.54, 1.807) is 30.3 Å². The number of nitrogens with one attached hydrogen (secondary N) is 1. The Bertz CT molecular complexity index is 575. The smallest absolute Gasteiger partial charge is 0.163 e. The summed E-state index contributed by atoms with van der Waals surface area (Å²) in [6, 6.07) is 10.3. The molecule has 0 radical (unpaired) electrons. The van der Waals surface area contributed by atoms with Gasteiger partial charge >= 0.3 is 0 Å². The van der Waals surface area contributed by atoms with E-state index < -0.39 is 0 Å². The normalized spacial score (nSPS) is 9.71. The van der Waals surface area contributed by atoms with Crippen molar-refractivity contribution in [2.24, 2.45) is 0 Å². The molecule has 2 aromatic rings. The maximum atomic E-state index is 8.58. The van der Waals surface area contributed by atoms with Crippen LogP contribution in [-0.4, -0.2) is 10.2 Å². The molecule has 0 saturated heterocycles. The van der Waals surface area contributed by atoms with Crippen LogP contribution < -0.4 is 5.32 Å². The Morgan fingerprint density at radius 2 is 1.88 bits per heavy atom. The average molecular weight is 265 g/mol. The van der Waals surface area contributed by atoms with E-state index in [9.17, 15) is 0 Å². The number of halogens is 2.